The lowest BCUT2D eigenvalue weighted by Crippen LogP contribution is -2.45. The predicted octanol–water partition coefficient (Wildman–Crippen LogP) is 1.52. The molecular formula is C16H34N2O3. The molecule has 0 amide bonds. The molecule has 0 saturated carbocycles. The lowest BCUT2D eigenvalue weighted by molar-refractivity contribution is 0.0640. The Kier molecular flexibility index (Phi) is 11.1. The van der Waals surface area contributed by atoms with E-state index in [1.54, 1.807) is 0 Å². The maximum atomic E-state index is 5.64. The van der Waals surface area contributed by atoms with Crippen molar-refractivity contribution in [3.63, 3.8) is 0 Å². The van der Waals surface area contributed by atoms with Crippen LogP contribution in [0.5, 0.6) is 0 Å². The van der Waals surface area contributed by atoms with E-state index in [2.05, 4.69) is 17.1 Å². The van der Waals surface area contributed by atoms with E-state index in [4.69, 9.17) is 14.2 Å². The molecule has 1 fully saturated rings. The van der Waals surface area contributed by atoms with Crippen LogP contribution in [0.3, 0.4) is 0 Å². The molecule has 0 radical (unpaired) electrons. The van der Waals surface area contributed by atoms with Gasteiger partial charge >= 0.3 is 0 Å². The Labute approximate surface area is 130 Å². The van der Waals surface area contributed by atoms with Crippen molar-refractivity contribution in [2.75, 3.05) is 59.2 Å². The molecule has 1 saturated heterocycles. The molecule has 1 N–H and O–H groups in total. The van der Waals surface area contributed by atoms with Gasteiger partial charge in [0.1, 0.15) is 0 Å². The summed E-state index contributed by atoms with van der Waals surface area (Å²) in [5, 5.41) is 3.54. The number of nitrogens with one attached hydrogen (secondary N) is 1. The van der Waals surface area contributed by atoms with E-state index in [1.807, 2.05) is 13.8 Å². The summed E-state index contributed by atoms with van der Waals surface area (Å²) >= 11 is 0. The summed E-state index contributed by atoms with van der Waals surface area (Å²) in [5.41, 5.74) is 0. The van der Waals surface area contributed by atoms with Crippen LogP contribution < -0.4 is 5.32 Å². The molecule has 2 atom stereocenters. The van der Waals surface area contributed by atoms with Crippen molar-refractivity contribution in [1.82, 2.24) is 10.2 Å². The van der Waals surface area contributed by atoms with E-state index in [0.29, 0.717) is 12.1 Å². The van der Waals surface area contributed by atoms with Crippen LogP contribution in [-0.2, 0) is 14.2 Å². The molecule has 1 rings (SSSR count). The van der Waals surface area contributed by atoms with Gasteiger partial charge in [-0.1, -0.05) is 0 Å². The van der Waals surface area contributed by atoms with E-state index in [9.17, 15) is 0 Å². The highest BCUT2D eigenvalue weighted by molar-refractivity contribution is 4.73. The van der Waals surface area contributed by atoms with Crippen LogP contribution in [0.15, 0.2) is 0 Å². The SMILES string of the molecule is CCOCCN(CCOCC)C(C)CNCC1CCCO1. The summed E-state index contributed by atoms with van der Waals surface area (Å²) in [6, 6.07) is 0.479. The second kappa shape index (κ2) is 12.4. The molecule has 21 heavy (non-hydrogen) atoms. The van der Waals surface area contributed by atoms with Crippen LogP contribution in [0.25, 0.3) is 0 Å². The largest absolute Gasteiger partial charge is 0.380 e. The highest BCUT2D eigenvalue weighted by Crippen LogP contribution is 2.10. The van der Waals surface area contributed by atoms with Gasteiger partial charge in [0.2, 0.25) is 0 Å². The van der Waals surface area contributed by atoms with Gasteiger partial charge in [-0.2, -0.15) is 0 Å². The smallest absolute Gasteiger partial charge is 0.0700 e. The molecule has 1 heterocycles. The number of rotatable bonds is 13. The van der Waals surface area contributed by atoms with Crippen LogP contribution in [0, 0.1) is 0 Å². The molecule has 0 aromatic rings. The number of hydrogen-bond acceptors (Lipinski definition) is 5. The fraction of sp³-hybridized carbons (Fsp3) is 1.00. The topological polar surface area (TPSA) is 43.0 Å². The van der Waals surface area contributed by atoms with Crippen molar-refractivity contribution in [3.05, 3.63) is 0 Å². The Bertz CT molecular complexity index is 226. The van der Waals surface area contributed by atoms with Crippen molar-refractivity contribution >= 4 is 0 Å². The molecule has 1 aliphatic heterocycles. The van der Waals surface area contributed by atoms with Crippen molar-refractivity contribution in [1.29, 1.82) is 0 Å². The third-order valence-electron chi connectivity index (χ3n) is 3.91. The first kappa shape index (κ1) is 18.8. The number of nitrogens with zero attached hydrogens (tertiary/aromatic N) is 1. The quantitative estimate of drug-likeness (QED) is 0.523. The van der Waals surface area contributed by atoms with Crippen molar-refractivity contribution in [2.45, 2.75) is 45.8 Å². The minimum Gasteiger partial charge on any atom is -0.380 e. The van der Waals surface area contributed by atoms with Crippen molar-refractivity contribution in [2.24, 2.45) is 0 Å². The molecule has 126 valence electrons. The van der Waals surface area contributed by atoms with E-state index in [0.717, 1.165) is 59.2 Å². The summed E-state index contributed by atoms with van der Waals surface area (Å²) < 4.78 is 16.6. The molecule has 0 bridgehead atoms. The molecule has 0 spiro atoms. The first-order valence-corrected chi connectivity index (χ1v) is 8.49. The third-order valence-corrected chi connectivity index (χ3v) is 3.91. The van der Waals surface area contributed by atoms with Gasteiger partial charge in [0.15, 0.2) is 0 Å². The van der Waals surface area contributed by atoms with Crippen LogP contribution >= 0.6 is 0 Å². The van der Waals surface area contributed by atoms with E-state index in [1.165, 1.54) is 12.8 Å². The molecule has 0 aromatic carbocycles. The molecule has 0 aliphatic carbocycles. The predicted molar refractivity (Wildman–Crippen MR) is 85.9 cm³/mol. The van der Waals surface area contributed by atoms with E-state index < -0.39 is 0 Å². The second-order valence-corrected chi connectivity index (χ2v) is 5.57. The van der Waals surface area contributed by atoms with Gasteiger partial charge in [0.05, 0.1) is 19.3 Å². The highest BCUT2D eigenvalue weighted by atomic mass is 16.5. The summed E-state index contributed by atoms with van der Waals surface area (Å²) in [4.78, 5) is 2.44. The Hall–Kier alpha value is -0.200. The zero-order valence-corrected chi connectivity index (χ0v) is 14.1. The van der Waals surface area contributed by atoms with Gasteiger partial charge < -0.3 is 19.5 Å². The average molecular weight is 302 g/mol. The molecular weight excluding hydrogens is 268 g/mol. The standard InChI is InChI=1S/C16H34N2O3/c1-4-19-11-8-18(9-12-20-5-2)15(3)13-17-14-16-7-6-10-21-16/h15-17H,4-14H2,1-3H3. The average Bonchev–Trinajstić information content (AvgIpc) is 2.99. The lowest BCUT2D eigenvalue weighted by atomic mass is 10.2. The van der Waals surface area contributed by atoms with Gasteiger partial charge in [-0.15, -0.1) is 0 Å². The minimum absolute atomic E-state index is 0.414. The molecule has 2 unspecified atom stereocenters. The maximum absolute atomic E-state index is 5.64. The Balaban J connectivity index is 2.21. The van der Waals surface area contributed by atoms with Crippen LogP contribution in [0.2, 0.25) is 0 Å². The van der Waals surface area contributed by atoms with E-state index >= 15 is 0 Å². The van der Waals surface area contributed by atoms with Crippen LogP contribution in [-0.4, -0.2) is 76.3 Å². The summed E-state index contributed by atoms with van der Waals surface area (Å²) in [6.45, 7) is 14.3. The van der Waals surface area contributed by atoms with Crippen LogP contribution in [0.4, 0.5) is 0 Å². The molecule has 5 heteroatoms. The fourth-order valence-corrected chi connectivity index (χ4v) is 2.59. The fourth-order valence-electron chi connectivity index (χ4n) is 2.59. The molecule has 0 aromatic heterocycles. The first-order valence-electron chi connectivity index (χ1n) is 8.49. The van der Waals surface area contributed by atoms with Gasteiger partial charge in [-0.05, 0) is 33.6 Å². The van der Waals surface area contributed by atoms with Crippen LogP contribution in [0.1, 0.15) is 33.6 Å². The number of ether oxygens (including phenoxy) is 3. The molecule has 5 nitrogen and oxygen atoms in total. The van der Waals surface area contributed by atoms with Gasteiger partial charge in [0.25, 0.3) is 0 Å². The maximum Gasteiger partial charge on any atom is 0.0700 e. The highest BCUT2D eigenvalue weighted by Gasteiger charge is 2.17. The van der Waals surface area contributed by atoms with Crippen molar-refractivity contribution < 1.29 is 14.2 Å². The normalized spacial score (nSPS) is 20.3. The van der Waals surface area contributed by atoms with Gasteiger partial charge in [-0.3, -0.25) is 4.90 Å². The third kappa shape index (κ3) is 8.73. The first-order chi connectivity index (χ1) is 10.3. The van der Waals surface area contributed by atoms with Gasteiger partial charge in [0, 0.05) is 52.0 Å². The lowest BCUT2D eigenvalue weighted by Gasteiger charge is -2.29. The molecule has 1 aliphatic rings. The summed E-state index contributed by atoms with van der Waals surface area (Å²) in [5.74, 6) is 0. The number of hydrogen-bond donors (Lipinski definition) is 1. The Morgan fingerprint density at radius 2 is 1.86 bits per heavy atom. The monoisotopic (exact) mass is 302 g/mol. The zero-order valence-electron chi connectivity index (χ0n) is 14.1. The van der Waals surface area contributed by atoms with Gasteiger partial charge in [-0.25, -0.2) is 0 Å². The summed E-state index contributed by atoms with van der Waals surface area (Å²) in [6.07, 6.45) is 2.81. The zero-order chi connectivity index (χ0) is 15.3. The van der Waals surface area contributed by atoms with E-state index in [-0.39, 0.29) is 0 Å². The minimum atomic E-state index is 0.414. The van der Waals surface area contributed by atoms with Crippen molar-refractivity contribution in [3.8, 4) is 0 Å². The second-order valence-electron chi connectivity index (χ2n) is 5.57. The summed E-state index contributed by atoms with van der Waals surface area (Å²) in [7, 11) is 0. The Morgan fingerprint density at radius 3 is 2.38 bits per heavy atom. The Morgan fingerprint density at radius 1 is 1.19 bits per heavy atom.